The lowest BCUT2D eigenvalue weighted by atomic mass is 9.82. The number of esters is 1. The van der Waals surface area contributed by atoms with Crippen LogP contribution in [0.25, 0.3) is 0 Å². The van der Waals surface area contributed by atoms with Gasteiger partial charge >= 0.3 is 5.97 Å². The Labute approximate surface area is 109 Å². The van der Waals surface area contributed by atoms with Gasteiger partial charge in [0.15, 0.2) is 0 Å². The highest BCUT2D eigenvalue weighted by Crippen LogP contribution is 2.66. The third kappa shape index (κ3) is 1.58. The molecule has 0 bridgehead atoms. The van der Waals surface area contributed by atoms with Gasteiger partial charge in [0.05, 0.1) is 12.5 Å². The number of hydrogen-bond acceptors (Lipinski definition) is 2. The zero-order chi connectivity index (χ0) is 13.7. The zero-order valence-corrected chi connectivity index (χ0v) is 12.2. The molecule has 98 valence electrons. The Kier molecular flexibility index (Phi) is 2.80. The van der Waals surface area contributed by atoms with Gasteiger partial charge in [-0.15, -0.1) is 0 Å². The molecule has 1 fully saturated rings. The van der Waals surface area contributed by atoms with Crippen molar-refractivity contribution in [3.05, 3.63) is 34.4 Å². The number of carbonyl (C=O) groups excluding carboxylic acids is 1. The average Bonchev–Trinajstić information content (AvgIpc) is 2.80. The fourth-order valence-electron chi connectivity index (χ4n) is 3.52. The second-order valence-corrected chi connectivity index (χ2v) is 6.23. The van der Waals surface area contributed by atoms with Crippen molar-refractivity contribution in [2.24, 2.45) is 5.41 Å². The molecule has 0 N–H and O–H groups in total. The van der Waals surface area contributed by atoms with E-state index in [0.717, 1.165) is 6.42 Å². The Morgan fingerprint density at radius 3 is 1.94 bits per heavy atom. The van der Waals surface area contributed by atoms with E-state index in [1.54, 1.807) is 0 Å². The summed E-state index contributed by atoms with van der Waals surface area (Å²) in [5.41, 5.74) is 4.36. The quantitative estimate of drug-likeness (QED) is 0.747. The van der Waals surface area contributed by atoms with Gasteiger partial charge in [0, 0.05) is 0 Å². The predicted molar refractivity (Wildman–Crippen MR) is 72.7 cm³/mol. The van der Waals surface area contributed by atoms with Crippen LogP contribution in [0.3, 0.4) is 0 Å². The molecular formula is C16H22O2. The first kappa shape index (κ1) is 13.1. The second kappa shape index (κ2) is 3.84. The molecule has 0 amide bonds. The third-order valence-corrected chi connectivity index (χ3v) is 4.38. The predicted octanol–water partition coefficient (Wildman–Crippen LogP) is 3.45. The maximum absolute atomic E-state index is 12.3. The first-order valence-electron chi connectivity index (χ1n) is 6.43. The van der Waals surface area contributed by atoms with Crippen molar-refractivity contribution < 1.29 is 9.53 Å². The molecule has 1 atom stereocenters. The highest BCUT2D eigenvalue weighted by atomic mass is 16.5. The zero-order valence-electron chi connectivity index (χ0n) is 12.2. The Morgan fingerprint density at radius 1 is 1.17 bits per heavy atom. The molecule has 0 spiro atoms. The van der Waals surface area contributed by atoms with E-state index in [1.807, 2.05) is 0 Å². The molecule has 1 aromatic carbocycles. The summed E-state index contributed by atoms with van der Waals surface area (Å²) in [5, 5.41) is 0. The normalized spacial score (nSPS) is 24.8. The van der Waals surface area contributed by atoms with Gasteiger partial charge in [0.1, 0.15) is 0 Å². The number of aryl methyl sites for hydroxylation is 3. The molecule has 2 nitrogen and oxygen atoms in total. The number of carbonyl (C=O) groups is 1. The van der Waals surface area contributed by atoms with Crippen LogP contribution in [0, 0.1) is 26.2 Å². The summed E-state index contributed by atoms with van der Waals surface area (Å²) < 4.78 is 5.07. The molecule has 0 heterocycles. The molecular weight excluding hydrogens is 224 g/mol. The minimum atomic E-state index is -0.441. The van der Waals surface area contributed by atoms with Crippen molar-refractivity contribution in [1.82, 2.24) is 0 Å². The number of ether oxygens (including phenoxy) is 1. The molecule has 0 radical (unpaired) electrons. The lowest BCUT2D eigenvalue weighted by molar-refractivity contribution is -0.144. The first-order valence-corrected chi connectivity index (χ1v) is 6.43. The monoisotopic (exact) mass is 246 g/mol. The summed E-state index contributed by atoms with van der Waals surface area (Å²) in [7, 11) is 1.48. The number of rotatable bonds is 2. The summed E-state index contributed by atoms with van der Waals surface area (Å²) in [6, 6.07) is 4.31. The van der Waals surface area contributed by atoms with Crippen LogP contribution in [0.15, 0.2) is 12.1 Å². The largest absolute Gasteiger partial charge is 0.468 e. The molecule has 1 aliphatic rings. The van der Waals surface area contributed by atoms with Crippen molar-refractivity contribution in [2.45, 2.75) is 46.5 Å². The lowest BCUT2D eigenvalue weighted by Gasteiger charge is -2.23. The van der Waals surface area contributed by atoms with Crippen molar-refractivity contribution in [2.75, 3.05) is 7.11 Å². The minimum absolute atomic E-state index is 0.00906. The molecule has 1 aromatic rings. The molecule has 1 unspecified atom stereocenters. The van der Waals surface area contributed by atoms with Gasteiger partial charge in [0.2, 0.25) is 0 Å². The number of methoxy groups -OCH3 is 1. The third-order valence-electron chi connectivity index (χ3n) is 4.38. The fraction of sp³-hybridized carbons (Fsp3) is 0.562. The van der Waals surface area contributed by atoms with Crippen LogP contribution in [-0.2, 0) is 14.9 Å². The van der Waals surface area contributed by atoms with Crippen LogP contribution in [0.4, 0.5) is 0 Å². The Balaban J connectivity index is 2.64. The fourth-order valence-corrected chi connectivity index (χ4v) is 3.52. The summed E-state index contributed by atoms with van der Waals surface area (Å²) in [5.74, 6) is -0.0949. The topological polar surface area (TPSA) is 26.3 Å². The second-order valence-electron chi connectivity index (χ2n) is 6.23. The molecule has 18 heavy (non-hydrogen) atoms. The van der Waals surface area contributed by atoms with Crippen LogP contribution >= 0.6 is 0 Å². The van der Waals surface area contributed by atoms with E-state index in [2.05, 4.69) is 46.8 Å². The van der Waals surface area contributed by atoms with E-state index in [4.69, 9.17) is 4.74 Å². The lowest BCUT2D eigenvalue weighted by Crippen LogP contribution is -2.29. The average molecular weight is 246 g/mol. The highest BCUT2D eigenvalue weighted by molar-refractivity contribution is 5.89. The van der Waals surface area contributed by atoms with E-state index in [1.165, 1.54) is 29.4 Å². The van der Waals surface area contributed by atoms with E-state index in [-0.39, 0.29) is 11.4 Å². The molecule has 2 rings (SSSR count). The summed E-state index contributed by atoms with van der Waals surface area (Å²) in [6.07, 6.45) is 0.872. The van der Waals surface area contributed by atoms with Crippen molar-refractivity contribution in [1.29, 1.82) is 0 Å². The number of hydrogen-bond donors (Lipinski definition) is 0. The van der Waals surface area contributed by atoms with Crippen LogP contribution in [0.1, 0.15) is 42.5 Å². The van der Waals surface area contributed by atoms with Gasteiger partial charge in [-0.2, -0.15) is 0 Å². The van der Waals surface area contributed by atoms with Gasteiger partial charge in [-0.05, 0) is 49.3 Å². The molecule has 0 saturated heterocycles. The van der Waals surface area contributed by atoms with Gasteiger partial charge in [-0.3, -0.25) is 4.79 Å². The maximum Gasteiger partial charge on any atom is 0.316 e. The molecule has 0 aromatic heterocycles. The van der Waals surface area contributed by atoms with Crippen LogP contribution in [-0.4, -0.2) is 13.1 Å². The van der Waals surface area contributed by atoms with Crippen molar-refractivity contribution >= 4 is 5.97 Å². The Bertz CT molecular complexity index is 491. The molecule has 2 heteroatoms. The van der Waals surface area contributed by atoms with Crippen molar-refractivity contribution in [3.63, 3.8) is 0 Å². The van der Waals surface area contributed by atoms with Crippen LogP contribution < -0.4 is 0 Å². The standard InChI is InChI=1S/C16H22O2/c1-10-7-11(2)13(12(3)8-10)16(14(17)18-6)9-15(16,4)5/h7-8H,9H2,1-6H3. The SMILES string of the molecule is COC(=O)C1(c2c(C)cc(C)cc2C)CC1(C)C. The van der Waals surface area contributed by atoms with E-state index < -0.39 is 5.41 Å². The summed E-state index contributed by atoms with van der Waals surface area (Å²) >= 11 is 0. The van der Waals surface area contributed by atoms with Crippen LogP contribution in [0.5, 0.6) is 0 Å². The van der Waals surface area contributed by atoms with Gasteiger partial charge in [-0.1, -0.05) is 31.5 Å². The number of benzene rings is 1. The Hall–Kier alpha value is -1.31. The highest BCUT2D eigenvalue weighted by Gasteiger charge is 2.69. The molecule has 1 aliphatic carbocycles. The smallest absolute Gasteiger partial charge is 0.316 e. The molecule has 1 saturated carbocycles. The first-order chi connectivity index (χ1) is 8.26. The summed E-state index contributed by atoms with van der Waals surface area (Å²) in [4.78, 5) is 12.3. The van der Waals surface area contributed by atoms with E-state index in [0.29, 0.717) is 0 Å². The van der Waals surface area contributed by atoms with Crippen LogP contribution in [0.2, 0.25) is 0 Å². The van der Waals surface area contributed by atoms with Gasteiger partial charge in [-0.25, -0.2) is 0 Å². The van der Waals surface area contributed by atoms with Gasteiger partial charge < -0.3 is 4.74 Å². The molecule has 0 aliphatic heterocycles. The Morgan fingerprint density at radius 2 is 1.61 bits per heavy atom. The minimum Gasteiger partial charge on any atom is -0.468 e. The van der Waals surface area contributed by atoms with Gasteiger partial charge in [0.25, 0.3) is 0 Å². The van der Waals surface area contributed by atoms with E-state index >= 15 is 0 Å². The summed E-state index contributed by atoms with van der Waals surface area (Å²) in [6.45, 7) is 10.6. The van der Waals surface area contributed by atoms with E-state index in [9.17, 15) is 4.79 Å². The maximum atomic E-state index is 12.3. The van der Waals surface area contributed by atoms with Crippen molar-refractivity contribution in [3.8, 4) is 0 Å².